The quantitative estimate of drug-likeness (QED) is 0.599. The average Bonchev–Trinajstić information content (AvgIpc) is 2.47. The zero-order valence-corrected chi connectivity index (χ0v) is 11.5. The predicted molar refractivity (Wildman–Crippen MR) is 81.5 cm³/mol. The van der Waals surface area contributed by atoms with Crippen molar-refractivity contribution in [3.05, 3.63) is 65.9 Å². The lowest BCUT2D eigenvalue weighted by Gasteiger charge is -2.08. The number of hydrogen-bond acceptors (Lipinski definition) is 1. The largest absolute Gasteiger partial charge is 0.256 e. The van der Waals surface area contributed by atoms with Crippen molar-refractivity contribution in [2.75, 3.05) is 0 Å². The molecule has 0 saturated carbocycles. The second kappa shape index (κ2) is 5.02. The Morgan fingerprint density at radius 3 is 2.47 bits per heavy atom. The fraction of sp³-hybridized carbons (Fsp3) is 0.118. The van der Waals surface area contributed by atoms with Crippen molar-refractivity contribution in [2.24, 2.45) is 0 Å². The Morgan fingerprint density at radius 2 is 1.74 bits per heavy atom. The number of hydrogen-bond donors (Lipinski definition) is 0. The van der Waals surface area contributed by atoms with Crippen LogP contribution in [-0.2, 0) is 5.88 Å². The van der Waals surface area contributed by atoms with Gasteiger partial charge >= 0.3 is 0 Å². The molecular formula is C17H14ClN. The van der Waals surface area contributed by atoms with Gasteiger partial charge in [0, 0.05) is 23.0 Å². The van der Waals surface area contributed by atoms with Crippen LogP contribution in [0.4, 0.5) is 0 Å². The predicted octanol–water partition coefficient (Wildman–Crippen LogP) is 4.95. The summed E-state index contributed by atoms with van der Waals surface area (Å²) in [5.41, 5.74) is 4.56. The molecule has 0 saturated heterocycles. The Balaban J connectivity index is 2.27. The van der Waals surface area contributed by atoms with Gasteiger partial charge in [0.2, 0.25) is 0 Å². The Hall–Kier alpha value is -1.86. The third-order valence-electron chi connectivity index (χ3n) is 3.37. The van der Waals surface area contributed by atoms with Crippen LogP contribution in [0.1, 0.15) is 11.1 Å². The number of benzene rings is 2. The molecular weight excluding hydrogens is 254 g/mol. The first-order valence-corrected chi connectivity index (χ1v) is 6.82. The van der Waals surface area contributed by atoms with Gasteiger partial charge in [0.25, 0.3) is 0 Å². The Labute approximate surface area is 117 Å². The Bertz CT molecular complexity index is 717. The summed E-state index contributed by atoms with van der Waals surface area (Å²) in [5.74, 6) is 0.523. The molecule has 0 unspecified atom stereocenters. The molecule has 0 fully saturated rings. The number of halogens is 1. The lowest BCUT2D eigenvalue weighted by molar-refractivity contribution is 1.34. The fourth-order valence-corrected chi connectivity index (χ4v) is 2.56. The highest BCUT2D eigenvalue weighted by Gasteiger charge is 2.07. The molecule has 0 amide bonds. The molecule has 0 bridgehead atoms. The number of fused-ring (bicyclic) bond motifs is 1. The second-order valence-electron chi connectivity index (χ2n) is 4.67. The maximum atomic E-state index is 6.00. The van der Waals surface area contributed by atoms with Crippen LogP contribution in [0, 0.1) is 6.92 Å². The van der Waals surface area contributed by atoms with Crippen LogP contribution < -0.4 is 0 Å². The molecule has 2 heteroatoms. The van der Waals surface area contributed by atoms with Gasteiger partial charge in [-0.15, -0.1) is 11.6 Å². The number of rotatable bonds is 2. The standard InChI is InChI=1S/C17H14ClN/c1-12-5-7-13(8-6-12)17-16-4-2-3-14(11-18)15(16)9-10-19-17/h2-10H,11H2,1H3. The van der Waals surface area contributed by atoms with Crippen LogP contribution in [0.3, 0.4) is 0 Å². The van der Waals surface area contributed by atoms with E-state index in [1.54, 1.807) is 0 Å². The van der Waals surface area contributed by atoms with Gasteiger partial charge in [0.05, 0.1) is 5.69 Å². The molecule has 0 atom stereocenters. The molecule has 1 nitrogen and oxygen atoms in total. The van der Waals surface area contributed by atoms with Crippen molar-refractivity contribution in [2.45, 2.75) is 12.8 Å². The van der Waals surface area contributed by atoms with Crippen molar-refractivity contribution < 1.29 is 0 Å². The van der Waals surface area contributed by atoms with Gasteiger partial charge in [-0.2, -0.15) is 0 Å². The highest BCUT2D eigenvalue weighted by atomic mass is 35.5. The van der Waals surface area contributed by atoms with Crippen LogP contribution >= 0.6 is 11.6 Å². The van der Waals surface area contributed by atoms with Crippen molar-refractivity contribution >= 4 is 22.4 Å². The van der Waals surface area contributed by atoms with E-state index in [0.717, 1.165) is 22.2 Å². The van der Waals surface area contributed by atoms with E-state index >= 15 is 0 Å². The van der Waals surface area contributed by atoms with Gasteiger partial charge < -0.3 is 0 Å². The van der Waals surface area contributed by atoms with Gasteiger partial charge in [0.1, 0.15) is 0 Å². The van der Waals surface area contributed by atoms with Crippen molar-refractivity contribution in [3.8, 4) is 11.3 Å². The smallest absolute Gasteiger partial charge is 0.0780 e. The summed E-state index contributed by atoms with van der Waals surface area (Å²) in [4.78, 5) is 4.54. The van der Waals surface area contributed by atoms with Gasteiger partial charge in [-0.25, -0.2) is 0 Å². The minimum absolute atomic E-state index is 0.523. The zero-order valence-electron chi connectivity index (χ0n) is 10.7. The van der Waals surface area contributed by atoms with E-state index in [-0.39, 0.29) is 0 Å². The van der Waals surface area contributed by atoms with Crippen molar-refractivity contribution in [1.82, 2.24) is 4.98 Å². The van der Waals surface area contributed by atoms with Gasteiger partial charge in [-0.1, -0.05) is 48.0 Å². The summed E-state index contributed by atoms with van der Waals surface area (Å²) >= 11 is 6.00. The summed E-state index contributed by atoms with van der Waals surface area (Å²) in [6.45, 7) is 2.09. The molecule has 94 valence electrons. The molecule has 1 heterocycles. The molecule has 0 aliphatic carbocycles. The molecule has 1 aromatic heterocycles. The molecule has 0 aliphatic rings. The number of aryl methyl sites for hydroxylation is 1. The van der Waals surface area contributed by atoms with E-state index in [1.165, 1.54) is 10.9 Å². The van der Waals surface area contributed by atoms with Crippen LogP contribution in [-0.4, -0.2) is 4.98 Å². The third kappa shape index (κ3) is 2.22. The van der Waals surface area contributed by atoms with Crippen LogP contribution in [0.15, 0.2) is 54.7 Å². The maximum absolute atomic E-state index is 6.00. The molecule has 3 aromatic rings. The minimum Gasteiger partial charge on any atom is -0.256 e. The highest BCUT2D eigenvalue weighted by molar-refractivity contribution is 6.18. The summed E-state index contributed by atoms with van der Waals surface area (Å²) in [7, 11) is 0. The average molecular weight is 268 g/mol. The van der Waals surface area contributed by atoms with Crippen LogP contribution in [0.25, 0.3) is 22.0 Å². The summed E-state index contributed by atoms with van der Waals surface area (Å²) in [6.07, 6.45) is 1.85. The minimum atomic E-state index is 0.523. The monoisotopic (exact) mass is 267 g/mol. The molecule has 0 aliphatic heterocycles. The molecule has 19 heavy (non-hydrogen) atoms. The zero-order chi connectivity index (χ0) is 13.2. The Kier molecular flexibility index (Phi) is 3.22. The lowest BCUT2D eigenvalue weighted by atomic mass is 10.0. The molecule has 2 aromatic carbocycles. The first-order valence-electron chi connectivity index (χ1n) is 6.29. The van der Waals surface area contributed by atoms with E-state index < -0.39 is 0 Å². The van der Waals surface area contributed by atoms with Crippen molar-refractivity contribution in [3.63, 3.8) is 0 Å². The fourth-order valence-electron chi connectivity index (χ4n) is 2.33. The van der Waals surface area contributed by atoms with Crippen molar-refractivity contribution in [1.29, 1.82) is 0 Å². The van der Waals surface area contributed by atoms with Gasteiger partial charge in [-0.05, 0) is 23.9 Å². The van der Waals surface area contributed by atoms with Gasteiger partial charge in [0.15, 0.2) is 0 Å². The van der Waals surface area contributed by atoms with E-state index in [9.17, 15) is 0 Å². The topological polar surface area (TPSA) is 12.9 Å². The maximum Gasteiger partial charge on any atom is 0.0780 e. The van der Waals surface area contributed by atoms with Crippen LogP contribution in [0.5, 0.6) is 0 Å². The normalized spacial score (nSPS) is 10.8. The lowest BCUT2D eigenvalue weighted by Crippen LogP contribution is -1.89. The summed E-state index contributed by atoms with van der Waals surface area (Å²) in [5, 5.41) is 2.34. The van der Waals surface area contributed by atoms with E-state index in [2.05, 4.69) is 48.3 Å². The second-order valence-corrected chi connectivity index (χ2v) is 4.94. The van der Waals surface area contributed by atoms with E-state index in [4.69, 9.17) is 11.6 Å². The van der Waals surface area contributed by atoms with Crippen LogP contribution in [0.2, 0.25) is 0 Å². The molecule has 0 N–H and O–H groups in total. The SMILES string of the molecule is Cc1ccc(-c2nccc3c(CCl)cccc23)cc1. The Morgan fingerprint density at radius 1 is 0.947 bits per heavy atom. The van der Waals surface area contributed by atoms with E-state index in [0.29, 0.717) is 5.88 Å². The number of nitrogens with zero attached hydrogens (tertiary/aromatic N) is 1. The number of alkyl halides is 1. The number of aromatic nitrogens is 1. The first-order chi connectivity index (χ1) is 9.29. The first kappa shape index (κ1) is 12.2. The third-order valence-corrected chi connectivity index (χ3v) is 3.65. The van der Waals surface area contributed by atoms with E-state index in [1.807, 2.05) is 18.3 Å². The molecule has 0 radical (unpaired) electrons. The summed E-state index contributed by atoms with van der Waals surface area (Å²) in [6, 6.07) is 16.7. The highest BCUT2D eigenvalue weighted by Crippen LogP contribution is 2.29. The van der Waals surface area contributed by atoms with Gasteiger partial charge in [-0.3, -0.25) is 4.98 Å². The molecule has 0 spiro atoms. The number of pyridine rings is 1. The summed E-state index contributed by atoms with van der Waals surface area (Å²) < 4.78 is 0. The molecule has 3 rings (SSSR count).